The SMILES string of the molecule is CS(=O)(=O)CCCOc1ccc(N)cn1. The molecule has 6 heteroatoms. The van der Waals surface area contributed by atoms with Crippen molar-refractivity contribution >= 4 is 15.5 Å². The van der Waals surface area contributed by atoms with Gasteiger partial charge < -0.3 is 10.5 Å². The molecule has 0 atom stereocenters. The van der Waals surface area contributed by atoms with Crippen molar-refractivity contribution in [2.75, 3.05) is 24.3 Å². The van der Waals surface area contributed by atoms with Crippen LogP contribution < -0.4 is 10.5 Å². The number of pyridine rings is 1. The van der Waals surface area contributed by atoms with Gasteiger partial charge in [0.2, 0.25) is 5.88 Å². The highest BCUT2D eigenvalue weighted by Gasteiger charge is 2.02. The molecule has 0 aromatic carbocycles. The zero-order valence-corrected chi connectivity index (χ0v) is 9.33. The van der Waals surface area contributed by atoms with Crippen LogP contribution in [0.25, 0.3) is 0 Å². The van der Waals surface area contributed by atoms with Crippen LogP contribution >= 0.6 is 0 Å². The van der Waals surface area contributed by atoms with Crippen molar-refractivity contribution in [1.29, 1.82) is 0 Å². The highest BCUT2D eigenvalue weighted by atomic mass is 32.2. The second kappa shape index (κ2) is 4.97. The summed E-state index contributed by atoms with van der Waals surface area (Å²) in [5.74, 6) is 0.583. The summed E-state index contributed by atoms with van der Waals surface area (Å²) in [6, 6.07) is 3.33. The van der Waals surface area contributed by atoms with Crippen molar-refractivity contribution in [1.82, 2.24) is 4.98 Å². The summed E-state index contributed by atoms with van der Waals surface area (Å²) >= 11 is 0. The monoisotopic (exact) mass is 230 g/mol. The van der Waals surface area contributed by atoms with Gasteiger partial charge in [-0.25, -0.2) is 13.4 Å². The first-order chi connectivity index (χ1) is 6.97. The molecule has 5 nitrogen and oxygen atoms in total. The van der Waals surface area contributed by atoms with Crippen molar-refractivity contribution in [3.8, 4) is 5.88 Å². The fourth-order valence-corrected chi connectivity index (χ4v) is 1.62. The van der Waals surface area contributed by atoms with Gasteiger partial charge in [-0.3, -0.25) is 0 Å². The van der Waals surface area contributed by atoms with Gasteiger partial charge in [0.15, 0.2) is 0 Å². The third-order valence-corrected chi connectivity index (χ3v) is 2.70. The lowest BCUT2D eigenvalue weighted by Gasteiger charge is -2.04. The van der Waals surface area contributed by atoms with E-state index in [9.17, 15) is 8.42 Å². The Kier molecular flexibility index (Phi) is 3.90. The molecule has 1 heterocycles. The lowest BCUT2D eigenvalue weighted by molar-refractivity contribution is 0.305. The Morgan fingerprint density at radius 1 is 1.47 bits per heavy atom. The van der Waals surface area contributed by atoms with Gasteiger partial charge in [0.1, 0.15) is 9.84 Å². The fraction of sp³-hybridized carbons (Fsp3) is 0.444. The van der Waals surface area contributed by atoms with Gasteiger partial charge in [-0.05, 0) is 12.5 Å². The third-order valence-electron chi connectivity index (χ3n) is 1.67. The predicted molar refractivity (Wildman–Crippen MR) is 58.5 cm³/mol. The van der Waals surface area contributed by atoms with Crippen molar-refractivity contribution in [3.63, 3.8) is 0 Å². The molecular weight excluding hydrogens is 216 g/mol. The van der Waals surface area contributed by atoms with E-state index in [1.165, 1.54) is 12.5 Å². The van der Waals surface area contributed by atoms with Crippen molar-refractivity contribution < 1.29 is 13.2 Å². The maximum absolute atomic E-state index is 10.8. The molecule has 1 rings (SSSR count). The second-order valence-corrected chi connectivity index (χ2v) is 5.52. The van der Waals surface area contributed by atoms with Crippen molar-refractivity contribution in [2.45, 2.75) is 6.42 Å². The molecule has 0 aliphatic carbocycles. The summed E-state index contributed by atoms with van der Waals surface area (Å²) in [6.45, 7) is 0.337. The molecule has 0 aliphatic heterocycles. The smallest absolute Gasteiger partial charge is 0.213 e. The maximum Gasteiger partial charge on any atom is 0.213 e. The van der Waals surface area contributed by atoms with E-state index >= 15 is 0 Å². The van der Waals surface area contributed by atoms with Gasteiger partial charge in [0.25, 0.3) is 0 Å². The first-order valence-corrected chi connectivity index (χ1v) is 6.55. The predicted octanol–water partition coefficient (Wildman–Crippen LogP) is 0.477. The van der Waals surface area contributed by atoms with Crippen molar-refractivity contribution in [3.05, 3.63) is 18.3 Å². The minimum atomic E-state index is -2.91. The minimum absolute atomic E-state index is 0.127. The molecule has 0 bridgehead atoms. The molecule has 1 aromatic heterocycles. The van der Waals surface area contributed by atoms with Crippen LogP contribution in [0.5, 0.6) is 5.88 Å². The number of aromatic nitrogens is 1. The average Bonchev–Trinajstić information content (AvgIpc) is 2.14. The van der Waals surface area contributed by atoms with E-state index in [0.717, 1.165) is 0 Å². The normalized spacial score (nSPS) is 11.3. The summed E-state index contributed by atoms with van der Waals surface area (Å²) in [5.41, 5.74) is 6.01. The number of hydrogen-bond donors (Lipinski definition) is 1. The van der Waals surface area contributed by atoms with Crippen LogP contribution in [-0.4, -0.2) is 32.0 Å². The summed E-state index contributed by atoms with van der Waals surface area (Å²) in [5, 5.41) is 0. The lowest BCUT2D eigenvalue weighted by Crippen LogP contribution is -2.08. The first-order valence-electron chi connectivity index (χ1n) is 4.49. The summed E-state index contributed by atoms with van der Waals surface area (Å²) in [6.07, 6.45) is 3.16. The summed E-state index contributed by atoms with van der Waals surface area (Å²) in [4.78, 5) is 3.92. The zero-order chi connectivity index (χ0) is 11.3. The Hall–Kier alpha value is -1.30. The van der Waals surface area contributed by atoms with Crippen LogP contribution in [0.3, 0.4) is 0 Å². The maximum atomic E-state index is 10.8. The van der Waals surface area contributed by atoms with Crippen LogP contribution in [0.4, 0.5) is 5.69 Å². The van der Waals surface area contributed by atoms with Crippen LogP contribution in [0.2, 0.25) is 0 Å². The number of rotatable bonds is 5. The molecule has 0 saturated carbocycles. The number of hydrogen-bond acceptors (Lipinski definition) is 5. The van der Waals surface area contributed by atoms with Gasteiger partial charge in [-0.2, -0.15) is 0 Å². The quantitative estimate of drug-likeness (QED) is 0.744. The van der Waals surface area contributed by atoms with Crippen molar-refractivity contribution in [2.24, 2.45) is 0 Å². The van der Waals surface area contributed by atoms with E-state index in [2.05, 4.69) is 4.98 Å². The van der Waals surface area contributed by atoms with Gasteiger partial charge in [0, 0.05) is 12.3 Å². The standard InChI is InChI=1S/C9H14N2O3S/c1-15(12,13)6-2-5-14-9-4-3-8(10)7-11-9/h3-4,7H,2,5-6,10H2,1H3. The van der Waals surface area contributed by atoms with E-state index < -0.39 is 9.84 Å². The van der Waals surface area contributed by atoms with Crippen LogP contribution in [0, 0.1) is 0 Å². The van der Waals surface area contributed by atoms with Gasteiger partial charge in [-0.15, -0.1) is 0 Å². The number of ether oxygens (including phenoxy) is 1. The van der Waals surface area contributed by atoms with Crippen LogP contribution in [-0.2, 0) is 9.84 Å². The average molecular weight is 230 g/mol. The Morgan fingerprint density at radius 2 is 2.20 bits per heavy atom. The molecule has 0 radical (unpaired) electrons. The molecule has 84 valence electrons. The number of sulfone groups is 1. The number of nitrogens with zero attached hydrogens (tertiary/aromatic N) is 1. The topological polar surface area (TPSA) is 82.3 Å². The highest BCUT2D eigenvalue weighted by molar-refractivity contribution is 7.90. The Morgan fingerprint density at radius 3 is 2.73 bits per heavy atom. The van der Waals surface area contributed by atoms with E-state index in [-0.39, 0.29) is 5.75 Å². The molecule has 0 fully saturated rings. The van der Waals surface area contributed by atoms with Gasteiger partial charge in [0.05, 0.1) is 24.2 Å². The molecule has 0 amide bonds. The fourth-order valence-electron chi connectivity index (χ4n) is 0.975. The van der Waals surface area contributed by atoms with E-state index in [0.29, 0.717) is 24.6 Å². The van der Waals surface area contributed by atoms with Gasteiger partial charge >= 0.3 is 0 Å². The minimum Gasteiger partial charge on any atom is -0.478 e. The Bertz CT molecular complexity index is 400. The van der Waals surface area contributed by atoms with E-state index in [1.54, 1.807) is 12.1 Å². The van der Waals surface area contributed by atoms with Gasteiger partial charge in [-0.1, -0.05) is 0 Å². The highest BCUT2D eigenvalue weighted by Crippen LogP contribution is 2.08. The molecule has 0 saturated heterocycles. The number of nitrogen functional groups attached to an aromatic ring is 1. The largest absolute Gasteiger partial charge is 0.478 e. The molecule has 1 aromatic rings. The number of anilines is 1. The van der Waals surface area contributed by atoms with Crippen LogP contribution in [0.1, 0.15) is 6.42 Å². The van der Waals surface area contributed by atoms with Crippen LogP contribution in [0.15, 0.2) is 18.3 Å². The van der Waals surface area contributed by atoms with E-state index in [1.807, 2.05) is 0 Å². The summed E-state index contributed by atoms with van der Waals surface area (Å²) in [7, 11) is -2.91. The first kappa shape index (κ1) is 11.8. The Labute approximate surface area is 89.2 Å². The molecule has 0 aliphatic rings. The molecular formula is C9H14N2O3S. The zero-order valence-electron chi connectivity index (χ0n) is 8.51. The third kappa shape index (κ3) is 5.21. The summed E-state index contributed by atoms with van der Waals surface area (Å²) < 4.78 is 26.8. The molecule has 15 heavy (non-hydrogen) atoms. The number of nitrogens with two attached hydrogens (primary N) is 1. The second-order valence-electron chi connectivity index (χ2n) is 3.26. The Balaban J connectivity index is 2.29. The lowest BCUT2D eigenvalue weighted by atomic mass is 10.4. The molecule has 2 N–H and O–H groups in total. The molecule has 0 unspecified atom stereocenters. The molecule has 0 spiro atoms. The van der Waals surface area contributed by atoms with E-state index in [4.69, 9.17) is 10.5 Å².